The first kappa shape index (κ1) is 22.5. The fourth-order valence-electron chi connectivity index (χ4n) is 4.99. The zero-order valence-corrected chi connectivity index (χ0v) is 19.2. The van der Waals surface area contributed by atoms with Crippen molar-refractivity contribution in [2.75, 3.05) is 26.2 Å². The number of piperidine rings is 2. The molecule has 0 unspecified atom stereocenters. The molecule has 0 saturated carbocycles. The normalized spacial score (nSPS) is 18.6. The van der Waals surface area contributed by atoms with E-state index in [4.69, 9.17) is 0 Å². The van der Waals surface area contributed by atoms with Crippen LogP contribution in [0, 0.1) is 5.92 Å². The molecule has 8 heteroatoms. The van der Waals surface area contributed by atoms with Crippen LogP contribution in [0.5, 0.6) is 0 Å². The summed E-state index contributed by atoms with van der Waals surface area (Å²) in [6, 6.07) is 6.28. The maximum atomic E-state index is 12.8. The Morgan fingerprint density at radius 1 is 1.09 bits per heavy atom. The molecule has 0 aromatic carbocycles. The first-order chi connectivity index (χ1) is 15.5. The highest BCUT2D eigenvalue weighted by molar-refractivity contribution is 5.95. The zero-order chi connectivity index (χ0) is 22.5. The Bertz CT molecular complexity index is 912. The van der Waals surface area contributed by atoms with Crippen LogP contribution in [-0.2, 0) is 24.8 Å². The van der Waals surface area contributed by atoms with Gasteiger partial charge in [-0.15, -0.1) is 0 Å². The molecule has 0 radical (unpaired) electrons. The molecule has 2 aliphatic heterocycles. The molecule has 0 atom stereocenters. The molecule has 0 aliphatic carbocycles. The average molecular weight is 439 g/mol. The fraction of sp³-hybridized carbons (Fsp3) is 0.583. The van der Waals surface area contributed by atoms with Crippen LogP contribution < -0.4 is 5.32 Å². The van der Waals surface area contributed by atoms with Crippen LogP contribution in [0.2, 0.25) is 0 Å². The van der Waals surface area contributed by atoms with Crippen molar-refractivity contribution in [3.63, 3.8) is 0 Å². The number of amides is 2. The van der Waals surface area contributed by atoms with Gasteiger partial charge < -0.3 is 15.1 Å². The Kier molecular flexibility index (Phi) is 7.19. The lowest BCUT2D eigenvalue weighted by atomic mass is 9.89. The van der Waals surface area contributed by atoms with E-state index in [1.807, 2.05) is 36.3 Å². The third-order valence-corrected chi connectivity index (χ3v) is 6.86. The van der Waals surface area contributed by atoms with Gasteiger partial charge in [0.1, 0.15) is 0 Å². The molecule has 2 fully saturated rings. The molecule has 0 spiro atoms. The summed E-state index contributed by atoms with van der Waals surface area (Å²) in [6.45, 7) is 6.01. The predicted octanol–water partition coefficient (Wildman–Crippen LogP) is 2.01. The third kappa shape index (κ3) is 5.54. The standard InChI is InChI=1S/C24H34N6O2/c1-18(31)29-13-8-21(9-14-29)30-11-6-19(7-12-30)15-23-22(17-28(2)27-23)24(32)26-16-20-5-3-4-10-25-20/h3-5,10,17,19,21H,6-9,11-16H2,1-2H3,(H,26,32). The summed E-state index contributed by atoms with van der Waals surface area (Å²) < 4.78 is 1.74. The van der Waals surface area contributed by atoms with E-state index in [0.717, 1.165) is 69.7 Å². The monoisotopic (exact) mass is 438 g/mol. The number of carbonyl (C=O) groups excluding carboxylic acids is 2. The highest BCUT2D eigenvalue weighted by Crippen LogP contribution is 2.26. The number of rotatable bonds is 6. The minimum absolute atomic E-state index is 0.0894. The van der Waals surface area contributed by atoms with E-state index in [-0.39, 0.29) is 11.8 Å². The van der Waals surface area contributed by atoms with Crippen LogP contribution in [0.25, 0.3) is 0 Å². The molecule has 8 nitrogen and oxygen atoms in total. The highest BCUT2D eigenvalue weighted by Gasteiger charge is 2.30. The second-order valence-corrected chi connectivity index (χ2v) is 9.09. The third-order valence-electron chi connectivity index (χ3n) is 6.86. The Morgan fingerprint density at radius 2 is 1.84 bits per heavy atom. The second-order valence-electron chi connectivity index (χ2n) is 9.09. The number of aryl methyl sites for hydroxylation is 1. The summed E-state index contributed by atoms with van der Waals surface area (Å²) in [5.41, 5.74) is 2.40. The van der Waals surface area contributed by atoms with Gasteiger partial charge in [0.2, 0.25) is 5.91 Å². The number of hydrogen-bond donors (Lipinski definition) is 1. The molecular weight excluding hydrogens is 404 g/mol. The van der Waals surface area contributed by atoms with Crippen molar-refractivity contribution < 1.29 is 9.59 Å². The SMILES string of the molecule is CC(=O)N1CCC(N2CCC(Cc3nn(C)cc3C(=O)NCc3ccccn3)CC2)CC1. The van der Waals surface area contributed by atoms with Gasteiger partial charge in [0.25, 0.3) is 5.91 Å². The molecule has 4 rings (SSSR count). The lowest BCUT2D eigenvalue weighted by molar-refractivity contribution is -0.130. The lowest BCUT2D eigenvalue weighted by Crippen LogP contribution is -2.48. The molecule has 2 amide bonds. The molecule has 2 saturated heterocycles. The molecule has 1 N–H and O–H groups in total. The van der Waals surface area contributed by atoms with Crippen molar-refractivity contribution >= 4 is 11.8 Å². The summed E-state index contributed by atoms with van der Waals surface area (Å²) in [5, 5.41) is 7.58. The maximum absolute atomic E-state index is 12.8. The number of hydrogen-bond acceptors (Lipinski definition) is 5. The Labute approximate surface area is 190 Å². The molecule has 0 bridgehead atoms. The minimum Gasteiger partial charge on any atom is -0.346 e. The topological polar surface area (TPSA) is 83.4 Å². The second kappa shape index (κ2) is 10.3. The number of aromatic nitrogens is 3. The summed E-state index contributed by atoms with van der Waals surface area (Å²) in [4.78, 5) is 33.2. The van der Waals surface area contributed by atoms with Gasteiger partial charge in [-0.05, 0) is 63.2 Å². The number of carbonyl (C=O) groups is 2. The molecule has 32 heavy (non-hydrogen) atoms. The predicted molar refractivity (Wildman–Crippen MR) is 122 cm³/mol. The Morgan fingerprint density at radius 3 is 2.50 bits per heavy atom. The summed E-state index contributed by atoms with van der Waals surface area (Å²) >= 11 is 0. The van der Waals surface area contributed by atoms with Crippen molar-refractivity contribution in [2.45, 2.75) is 51.6 Å². The van der Waals surface area contributed by atoms with Crippen LogP contribution >= 0.6 is 0 Å². The van der Waals surface area contributed by atoms with Crippen molar-refractivity contribution in [3.8, 4) is 0 Å². The van der Waals surface area contributed by atoms with Crippen LogP contribution in [0.1, 0.15) is 54.4 Å². The molecule has 172 valence electrons. The van der Waals surface area contributed by atoms with E-state index in [1.165, 1.54) is 0 Å². The molecule has 2 aromatic rings. The lowest BCUT2D eigenvalue weighted by Gasteiger charge is -2.41. The van der Waals surface area contributed by atoms with E-state index >= 15 is 0 Å². The number of nitrogens with zero attached hydrogens (tertiary/aromatic N) is 5. The van der Waals surface area contributed by atoms with Gasteiger partial charge in [-0.2, -0.15) is 5.10 Å². The number of likely N-dealkylation sites (tertiary alicyclic amines) is 2. The highest BCUT2D eigenvalue weighted by atomic mass is 16.2. The van der Waals surface area contributed by atoms with Crippen LogP contribution in [-0.4, -0.2) is 68.6 Å². The van der Waals surface area contributed by atoms with Crippen molar-refractivity contribution in [1.82, 2.24) is 29.9 Å². The van der Waals surface area contributed by atoms with Gasteiger partial charge in [-0.25, -0.2) is 0 Å². The van der Waals surface area contributed by atoms with Crippen LogP contribution in [0.4, 0.5) is 0 Å². The maximum Gasteiger partial charge on any atom is 0.255 e. The van der Waals surface area contributed by atoms with E-state index in [0.29, 0.717) is 24.1 Å². The van der Waals surface area contributed by atoms with Crippen LogP contribution in [0.3, 0.4) is 0 Å². The molecule has 2 aliphatic rings. The number of nitrogens with one attached hydrogen (secondary N) is 1. The van der Waals surface area contributed by atoms with Crippen molar-refractivity contribution in [2.24, 2.45) is 13.0 Å². The summed E-state index contributed by atoms with van der Waals surface area (Å²) in [7, 11) is 1.87. The van der Waals surface area contributed by atoms with Gasteiger partial charge >= 0.3 is 0 Å². The summed E-state index contributed by atoms with van der Waals surface area (Å²) in [6.07, 6.45) is 8.79. The van der Waals surface area contributed by atoms with Gasteiger partial charge in [0.05, 0.1) is 23.5 Å². The first-order valence-corrected chi connectivity index (χ1v) is 11.7. The van der Waals surface area contributed by atoms with E-state index < -0.39 is 0 Å². The van der Waals surface area contributed by atoms with Crippen LogP contribution in [0.15, 0.2) is 30.6 Å². The van der Waals surface area contributed by atoms with Gasteiger partial charge in [-0.3, -0.25) is 19.3 Å². The largest absolute Gasteiger partial charge is 0.346 e. The molecule has 4 heterocycles. The van der Waals surface area contributed by atoms with Gasteiger partial charge in [0, 0.05) is 45.5 Å². The first-order valence-electron chi connectivity index (χ1n) is 11.7. The number of pyridine rings is 1. The zero-order valence-electron chi connectivity index (χ0n) is 19.2. The smallest absolute Gasteiger partial charge is 0.255 e. The quantitative estimate of drug-likeness (QED) is 0.746. The van der Waals surface area contributed by atoms with Crippen molar-refractivity contribution in [1.29, 1.82) is 0 Å². The molecule has 2 aromatic heterocycles. The summed E-state index contributed by atoms with van der Waals surface area (Å²) in [5.74, 6) is 0.645. The fourth-order valence-corrected chi connectivity index (χ4v) is 4.99. The minimum atomic E-state index is -0.0894. The Hall–Kier alpha value is -2.74. The van der Waals surface area contributed by atoms with E-state index in [1.54, 1.807) is 17.8 Å². The molecular formula is C24H34N6O2. The van der Waals surface area contributed by atoms with Gasteiger partial charge in [0.15, 0.2) is 0 Å². The average Bonchev–Trinajstić information content (AvgIpc) is 3.18. The van der Waals surface area contributed by atoms with Crippen molar-refractivity contribution in [3.05, 3.63) is 47.5 Å². The Balaban J connectivity index is 1.28. The van der Waals surface area contributed by atoms with Gasteiger partial charge in [-0.1, -0.05) is 6.07 Å². The van der Waals surface area contributed by atoms with E-state index in [9.17, 15) is 9.59 Å². The van der Waals surface area contributed by atoms with E-state index in [2.05, 4.69) is 20.3 Å².